The first-order valence-corrected chi connectivity index (χ1v) is 8.09. The number of allylic oxidation sites excluding steroid dienone is 1. The van der Waals surface area contributed by atoms with Crippen LogP contribution in [0.25, 0.3) is 6.08 Å². The van der Waals surface area contributed by atoms with Crippen molar-refractivity contribution in [1.82, 2.24) is 0 Å². The van der Waals surface area contributed by atoms with Gasteiger partial charge in [-0.15, -0.1) is 0 Å². The molecule has 1 aromatic rings. The van der Waals surface area contributed by atoms with Crippen LogP contribution in [0, 0.1) is 0 Å². The standard InChI is InChI=1S/C18H24O6/c1-4-6-7-8-13(19)9-10-15-14(11-17(20)23-5-2)16(22-3)12-18(21)24-15/h9-10,12H,4-8,11H2,1-3H3/b10-9+. The van der Waals surface area contributed by atoms with Crippen molar-refractivity contribution >= 4 is 17.8 Å². The lowest BCUT2D eigenvalue weighted by molar-refractivity contribution is -0.142. The molecular weight excluding hydrogens is 312 g/mol. The van der Waals surface area contributed by atoms with Crippen LogP contribution in [0.4, 0.5) is 0 Å². The highest BCUT2D eigenvalue weighted by molar-refractivity contribution is 5.93. The van der Waals surface area contributed by atoms with Gasteiger partial charge in [-0.1, -0.05) is 19.8 Å². The van der Waals surface area contributed by atoms with E-state index in [4.69, 9.17) is 13.9 Å². The molecule has 6 nitrogen and oxygen atoms in total. The lowest BCUT2D eigenvalue weighted by Crippen LogP contribution is -2.12. The van der Waals surface area contributed by atoms with Crippen LogP contribution in [0.5, 0.6) is 5.75 Å². The van der Waals surface area contributed by atoms with E-state index in [2.05, 4.69) is 6.92 Å². The zero-order valence-corrected chi connectivity index (χ0v) is 14.4. The Balaban J connectivity index is 3.02. The largest absolute Gasteiger partial charge is 0.496 e. The normalized spacial score (nSPS) is 10.8. The highest BCUT2D eigenvalue weighted by atomic mass is 16.5. The molecular formula is C18H24O6. The molecule has 0 spiro atoms. The fourth-order valence-electron chi connectivity index (χ4n) is 2.16. The SMILES string of the molecule is CCCCCC(=O)/C=C/c1oc(=O)cc(OC)c1CC(=O)OCC. The highest BCUT2D eigenvalue weighted by Crippen LogP contribution is 2.22. The topological polar surface area (TPSA) is 82.8 Å². The van der Waals surface area contributed by atoms with E-state index in [1.807, 2.05) is 0 Å². The van der Waals surface area contributed by atoms with Crippen molar-refractivity contribution in [1.29, 1.82) is 0 Å². The van der Waals surface area contributed by atoms with E-state index in [1.54, 1.807) is 6.92 Å². The van der Waals surface area contributed by atoms with Crippen LogP contribution in [-0.2, 0) is 20.7 Å². The number of esters is 1. The van der Waals surface area contributed by atoms with Gasteiger partial charge in [-0.3, -0.25) is 9.59 Å². The smallest absolute Gasteiger partial charge is 0.339 e. The van der Waals surface area contributed by atoms with E-state index in [0.29, 0.717) is 12.0 Å². The first kappa shape index (κ1) is 19.7. The summed E-state index contributed by atoms with van der Waals surface area (Å²) in [5, 5.41) is 0. The molecule has 0 N–H and O–H groups in total. The van der Waals surface area contributed by atoms with Gasteiger partial charge in [0.15, 0.2) is 5.78 Å². The van der Waals surface area contributed by atoms with Gasteiger partial charge >= 0.3 is 11.6 Å². The van der Waals surface area contributed by atoms with Gasteiger partial charge in [0, 0.05) is 12.0 Å². The number of methoxy groups -OCH3 is 1. The zero-order valence-electron chi connectivity index (χ0n) is 14.4. The minimum atomic E-state index is -0.613. The number of hydrogen-bond acceptors (Lipinski definition) is 6. The average molecular weight is 336 g/mol. The van der Waals surface area contributed by atoms with Crippen molar-refractivity contribution in [2.45, 2.75) is 46.0 Å². The van der Waals surface area contributed by atoms with Crippen molar-refractivity contribution in [3.05, 3.63) is 33.9 Å². The summed E-state index contributed by atoms with van der Waals surface area (Å²) in [4.78, 5) is 35.2. The summed E-state index contributed by atoms with van der Waals surface area (Å²) in [5.74, 6) is -0.154. The second kappa shape index (κ2) is 10.4. The maximum Gasteiger partial charge on any atom is 0.339 e. The Morgan fingerprint density at radius 1 is 1.25 bits per heavy atom. The second-order valence-electron chi connectivity index (χ2n) is 5.22. The predicted octanol–water partition coefficient (Wildman–Crippen LogP) is 2.92. The molecule has 0 radical (unpaired) electrons. The third-order valence-electron chi connectivity index (χ3n) is 3.35. The molecule has 24 heavy (non-hydrogen) atoms. The molecule has 1 rings (SSSR count). The van der Waals surface area contributed by atoms with Crippen LogP contribution in [0.3, 0.4) is 0 Å². The summed E-state index contributed by atoms with van der Waals surface area (Å²) in [6, 6.07) is 1.16. The van der Waals surface area contributed by atoms with Crippen molar-refractivity contribution in [2.75, 3.05) is 13.7 Å². The number of unbranched alkanes of at least 4 members (excludes halogenated alkanes) is 2. The van der Waals surface area contributed by atoms with Crippen LogP contribution in [0.2, 0.25) is 0 Å². The molecule has 0 aliphatic carbocycles. The summed E-state index contributed by atoms with van der Waals surface area (Å²) in [7, 11) is 1.40. The second-order valence-corrected chi connectivity index (χ2v) is 5.22. The van der Waals surface area contributed by atoms with Gasteiger partial charge in [-0.25, -0.2) is 4.79 Å². The molecule has 132 valence electrons. The Bertz CT molecular complexity index is 641. The maximum absolute atomic E-state index is 11.8. The van der Waals surface area contributed by atoms with Crippen molar-refractivity contribution in [2.24, 2.45) is 0 Å². The van der Waals surface area contributed by atoms with Gasteiger partial charge in [0.25, 0.3) is 0 Å². The molecule has 6 heteroatoms. The summed E-state index contributed by atoms with van der Waals surface area (Å²) in [6.07, 6.45) is 5.94. The fourth-order valence-corrected chi connectivity index (χ4v) is 2.16. The monoisotopic (exact) mass is 336 g/mol. The quantitative estimate of drug-likeness (QED) is 0.371. The number of ether oxygens (including phenoxy) is 2. The minimum absolute atomic E-state index is 0.0593. The van der Waals surface area contributed by atoms with Crippen molar-refractivity contribution < 1.29 is 23.5 Å². The Morgan fingerprint density at radius 2 is 2.00 bits per heavy atom. The molecule has 0 atom stereocenters. The van der Waals surface area contributed by atoms with Crippen LogP contribution in [0.1, 0.15) is 50.9 Å². The molecule has 0 saturated heterocycles. The lowest BCUT2D eigenvalue weighted by atomic mass is 10.1. The van der Waals surface area contributed by atoms with Crippen LogP contribution in [-0.4, -0.2) is 25.5 Å². The van der Waals surface area contributed by atoms with Gasteiger partial charge in [0.1, 0.15) is 11.5 Å². The number of hydrogen-bond donors (Lipinski definition) is 0. The minimum Gasteiger partial charge on any atom is -0.496 e. The maximum atomic E-state index is 11.8. The van der Waals surface area contributed by atoms with Gasteiger partial charge in [-0.2, -0.15) is 0 Å². The van der Waals surface area contributed by atoms with E-state index < -0.39 is 11.6 Å². The summed E-state index contributed by atoms with van der Waals surface area (Å²) in [6.45, 7) is 4.02. The van der Waals surface area contributed by atoms with E-state index in [9.17, 15) is 14.4 Å². The molecule has 1 aromatic heterocycles. The summed E-state index contributed by atoms with van der Waals surface area (Å²) >= 11 is 0. The molecule has 0 amide bonds. The highest BCUT2D eigenvalue weighted by Gasteiger charge is 2.16. The molecule has 0 bridgehead atoms. The Labute approximate surface area is 141 Å². The number of rotatable bonds is 10. The van der Waals surface area contributed by atoms with Crippen LogP contribution < -0.4 is 10.4 Å². The molecule has 0 aliphatic rings. The predicted molar refractivity (Wildman–Crippen MR) is 90.1 cm³/mol. The number of carbonyl (C=O) groups excluding carboxylic acids is 2. The number of ketones is 1. The van der Waals surface area contributed by atoms with Gasteiger partial charge in [0.2, 0.25) is 0 Å². The third kappa shape index (κ3) is 6.40. The van der Waals surface area contributed by atoms with Gasteiger partial charge < -0.3 is 13.9 Å². The molecule has 0 aromatic carbocycles. The average Bonchev–Trinajstić information content (AvgIpc) is 2.55. The first-order chi connectivity index (χ1) is 11.5. The molecule has 0 aliphatic heterocycles. The molecule has 0 saturated carbocycles. The zero-order chi connectivity index (χ0) is 17.9. The third-order valence-corrected chi connectivity index (χ3v) is 3.35. The molecule has 0 unspecified atom stereocenters. The Hall–Kier alpha value is -2.37. The van der Waals surface area contributed by atoms with Gasteiger partial charge in [-0.05, 0) is 25.5 Å². The van der Waals surface area contributed by atoms with Crippen LogP contribution in [0.15, 0.2) is 21.4 Å². The van der Waals surface area contributed by atoms with E-state index >= 15 is 0 Å². The molecule has 1 heterocycles. The van der Waals surface area contributed by atoms with E-state index in [1.165, 1.54) is 19.3 Å². The van der Waals surface area contributed by atoms with E-state index in [0.717, 1.165) is 25.3 Å². The fraction of sp³-hybridized carbons (Fsp3) is 0.500. The Morgan fingerprint density at radius 3 is 2.62 bits per heavy atom. The van der Waals surface area contributed by atoms with E-state index in [-0.39, 0.29) is 30.3 Å². The van der Waals surface area contributed by atoms with Crippen molar-refractivity contribution in [3.8, 4) is 5.75 Å². The number of carbonyl (C=O) groups is 2. The lowest BCUT2D eigenvalue weighted by Gasteiger charge is -2.09. The summed E-state index contributed by atoms with van der Waals surface area (Å²) in [5.41, 5.74) is -0.231. The van der Waals surface area contributed by atoms with Crippen molar-refractivity contribution in [3.63, 3.8) is 0 Å². The summed E-state index contributed by atoms with van der Waals surface area (Å²) < 4.78 is 15.2. The van der Waals surface area contributed by atoms with Gasteiger partial charge in [0.05, 0.1) is 26.2 Å². The van der Waals surface area contributed by atoms with Crippen LogP contribution >= 0.6 is 0 Å². The molecule has 0 fully saturated rings. The first-order valence-electron chi connectivity index (χ1n) is 8.09. The Kier molecular flexibility index (Phi) is 8.54.